The number of amides is 1. The van der Waals surface area contributed by atoms with Gasteiger partial charge in [-0.25, -0.2) is 4.98 Å². The molecule has 0 aliphatic carbocycles. The first kappa shape index (κ1) is 18.0. The highest BCUT2D eigenvalue weighted by Gasteiger charge is 2.63. The van der Waals surface area contributed by atoms with E-state index in [0.717, 1.165) is 17.1 Å². The lowest BCUT2D eigenvalue weighted by Crippen LogP contribution is -2.56. The molecule has 1 aliphatic rings. The third-order valence-electron chi connectivity index (χ3n) is 4.60. The van der Waals surface area contributed by atoms with E-state index in [0.29, 0.717) is 5.56 Å². The maximum absolute atomic E-state index is 13.7. The number of benzene rings is 2. The van der Waals surface area contributed by atoms with Gasteiger partial charge in [-0.3, -0.25) is 4.79 Å². The number of nitrogens with zero attached hydrogens (tertiary/aromatic N) is 3. The van der Waals surface area contributed by atoms with Crippen LogP contribution < -0.4 is 5.73 Å². The van der Waals surface area contributed by atoms with Crippen LogP contribution in [0.15, 0.2) is 53.9 Å². The van der Waals surface area contributed by atoms with E-state index in [1.165, 1.54) is 0 Å². The topological polar surface area (TPSA) is 108 Å². The Morgan fingerprint density at radius 3 is 2.57 bits per heavy atom. The fourth-order valence-corrected chi connectivity index (χ4v) is 3.09. The summed E-state index contributed by atoms with van der Waals surface area (Å²) in [5.74, 6) is -1.52. The van der Waals surface area contributed by atoms with Crippen molar-refractivity contribution in [2.75, 3.05) is 5.73 Å². The summed E-state index contributed by atoms with van der Waals surface area (Å²) in [5.41, 5.74) is 1.93. The molecule has 0 saturated carbocycles. The molecule has 3 aromatic rings. The van der Waals surface area contributed by atoms with Crippen molar-refractivity contribution < 1.29 is 23.1 Å². The Morgan fingerprint density at radius 1 is 1.21 bits per heavy atom. The van der Waals surface area contributed by atoms with Crippen LogP contribution in [-0.4, -0.2) is 43.6 Å². The number of nitrogens with one attached hydrogen (secondary N) is 1. The van der Waals surface area contributed by atoms with Gasteiger partial charge in [-0.15, -0.1) is 0 Å². The van der Waals surface area contributed by atoms with Crippen LogP contribution >= 0.6 is 0 Å². The number of imidazole rings is 1. The number of halogens is 3. The number of hydrogen-bond donors (Lipinski definition) is 3. The maximum atomic E-state index is 13.7. The van der Waals surface area contributed by atoms with Crippen molar-refractivity contribution in [3.05, 3.63) is 60.0 Å². The Hall–Kier alpha value is -3.40. The fourth-order valence-electron chi connectivity index (χ4n) is 3.09. The molecule has 7 nitrogen and oxygen atoms in total. The second-order valence-corrected chi connectivity index (χ2v) is 6.38. The molecule has 1 aliphatic heterocycles. The Balaban J connectivity index is 1.80. The molecule has 4 N–H and O–H groups in total. The van der Waals surface area contributed by atoms with E-state index in [-0.39, 0.29) is 22.2 Å². The quantitative estimate of drug-likeness (QED) is 0.626. The van der Waals surface area contributed by atoms with Crippen LogP contribution in [0.2, 0.25) is 0 Å². The van der Waals surface area contributed by atoms with Crippen LogP contribution in [0.1, 0.15) is 22.5 Å². The Bertz CT molecular complexity index is 1110. The highest BCUT2D eigenvalue weighted by molar-refractivity contribution is 6.07. The summed E-state index contributed by atoms with van der Waals surface area (Å²) in [7, 11) is 0. The molecule has 0 radical (unpaired) electrons. The number of rotatable bonds is 2. The molecule has 1 amide bonds. The van der Waals surface area contributed by atoms with Crippen LogP contribution in [0.5, 0.6) is 0 Å². The van der Waals surface area contributed by atoms with Crippen molar-refractivity contribution in [1.29, 1.82) is 0 Å². The first-order valence-electron chi connectivity index (χ1n) is 8.20. The average Bonchev–Trinajstić information content (AvgIpc) is 3.24. The second-order valence-electron chi connectivity index (χ2n) is 6.38. The number of hydrogen-bond acceptors (Lipinski definition) is 5. The first-order valence-corrected chi connectivity index (χ1v) is 8.20. The number of fused-ring (bicyclic) bond motifs is 1. The zero-order chi connectivity index (χ0) is 20.1. The number of aliphatic hydroxyl groups is 1. The van der Waals surface area contributed by atoms with Crippen molar-refractivity contribution in [2.45, 2.75) is 18.3 Å². The Kier molecular flexibility index (Phi) is 3.89. The molecule has 1 aromatic heterocycles. The third-order valence-corrected chi connectivity index (χ3v) is 4.60. The van der Waals surface area contributed by atoms with Gasteiger partial charge in [0.1, 0.15) is 5.69 Å². The molecule has 144 valence electrons. The highest BCUT2D eigenvalue weighted by atomic mass is 19.4. The molecule has 0 bridgehead atoms. The standard InChI is InChI=1S/C18H14F3N5O2/c19-18(20,21)17(28)8-13(12-6-5-10-3-1-2-4-11(10)7-12)25-26(17)16(27)14-15(22)24-9-23-14/h1-7,9,28H,8,22H2,(H,23,24). The van der Waals surface area contributed by atoms with E-state index in [1.807, 2.05) is 12.1 Å². The number of carbonyl (C=O) groups excluding carboxylic acids is 1. The molecule has 2 heterocycles. The van der Waals surface area contributed by atoms with E-state index in [2.05, 4.69) is 15.1 Å². The predicted octanol–water partition coefficient (Wildman–Crippen LogP) is 2.65. The summed E-state index contributed by atoms with van der Waals surface area (Å²) in [4.78, 5) is 18.6. The van der Waals surface area contributed by atoms with E-state index in [9.17, 15) is 23.1 Å². The van der Waals surface area contributed by atoms with Crippen molar-refractivity contribution in [3.63, 3.8) is 0 Å². The number of hydrazone groups is 1. The third kappa shape index (κ3) is 2.69. The van der Waals surface area contributed by atoms with Gasteiger partial charge in [0.2, 0.25) is 0 Å². The lowest BCUT2D eigenvalue weighted by atomic mass is 9.98. The summed E-state index contributed by atoms with van der Waals surface area (Å²) >= 11 is 0. The van der Waals surface area contributed by atoms with Gasteiger partial charge < -0.3 is 15.8 Å². The van der Waals surface area contributed by atoms with Crippen molar-refractivity contribution in [3.8, 4) is 0 Å². The molecule has 4 rings (SSSR count). The van der Waals surface area contributed by atoms with Crippen molar-refractivity contribution in [1.82, 2.24) is 15.0 Å². The number of aromatic nitrogens is 2. The molecule has 0 saturated heterocycles. The maximum Gasteiger partial charge on any atom is 0.438 e. The summed E-state index contributed by atoms with van der Waals surface area (Å²) in [6.45, 7) is 0. The summed E-state index contributed by atoms with van der Waals surface area (Å²) in [6, 6.07) is 12.3. The van der Waals surface area contributed by atoms with Gasteiger partial charge in [0, 0.05) is 0 Å². The zero-order valence-corrected chi connectivity index (χ0v) is 14.2. The van der Waals surface area contributed by atoms with Crippen LogP contribution in [0.25, 0.3) is 10.8 Å². The van der Waals surface area contributed by atoms with E-state index >= 15 is 0 Å². The molecule has 1 atom stereocenters. The molecular weight excluding hydrogens is 375 g/mol. The number of aromatic amines is 1. The lowest BCUT2D eigenvalue weighted by Gasteiger charge is -2.32. The van der Waals surface area contributed by atoms with Gasteiger partial charge in [-0.05, 0) is 22.4 Å². The van der Waals surface area contributed by atoms with Gasteiger partial charge in [0.15, 0.2) is 5.82 Å². The number of nitrogen functional groups attached to an aromatic ring is 1. The summed E-state index contributed by atoms with van der Waals surface area (Å²) in [6.07, 6.45) is -4.98. The largest absolute Gasteiger partial charge is 0.438 e. The molecule has 2 aromatic carbocycles. The molecular formula is C18H14F3N5O2. The first-order chi connectivity index (χ1) is 13.2. The summed E-state index contributed by atoms with van der Waals surface area (Å²) in [5, 5.41) is 15.9. The Morgan fingerprint density at radius 2 is 1.93 bits per heavy atom. The highest BCUT2D eigenvalue weighted by Crippen LogP contribution is 2.42. The normalized spacial score (nSPS) is 19.9. The predicted molar refractivity (Wildman–Crippen MR) is 95.3 cm³/mol. The van der Waals surface area contributed by atoms with Crippen LogP contribution in [-0.2, 0) is 0 Å². The van der Waals surface area contributed by atoms with Gasteiger partial charge >= 0.3 is 6.18 Å². The minimum Gasteiger partial charge on any atom is -0.382 e. The molecule has 0 spiro atoms. The van der Waals surface area contributed by atoms with Crippen LogP contribution in [0, 0.1) is 0 Å². The van der Waals surface area contributed by atoms with Gasteiger partial charge in [-0.1, -0.05) is 36.4 Å². The lowest BCUT2D eigenvalue weighted by molar-refractivity contribution is -0.297. The minimum atomic E-state index is -5.14. The SMILES string of the molecule is Nc1nc[nH]c1C(=O)N1N=C(c2ccc3ccccc3c2)CC1(O)C(F)(F)F. The monoisotopic (exact) mass is 389 g/mol. The molecule has 0 fully saturated rings. The zero-order valence-electron chi connectivity index (χ0n) is 14.2. The number of anilines is 1. The number of alkyl halides is 3. The Labute approximate surface area is 156 Å². The van der Waals surface area contributed by atoms with E-state index in [1.54, 1.807) is 30.3 Å². The second kappa shape index (κ2) is 6.06. The summed E-state index contributed by atoms with van der Waals surface area (Å²) < 4.78 is 41.0. The van der Waals surface area contributed by atoms with Gasteiger partial charge in [0.05, 0.1) is 18.5 Å². The van der Waals surface area contributed by atoms with Crippen LogP contribution in [0.3, 0.4) is 0 Å². The average molecular weight is 389 g/mol. The fraction of sp³-hybridized carbons (Fsp3) is 0.167. The van der Waals surface area contributed by atoms with E-state index < -0.39 is 24.2 Å². The van der Waals surface area contributed by atoms with Gasteiger partial charge in [-0.2, -0.15) is 23.3 Å². The smallest absolute Gasteiger partial charge is 0.382 e. The van der Waals surface area contributed by atoms with Crippen LogP contribution in [0.4, 0.5) is 19.0 Å². The number of nitrogens with two attached hydrogens (primary N) is 1. The molecule has 28 heavy (non-hydrogen) atoms. The molecule has 10 heteroatoms. The number of H-pyrrole nitrogens is 1. The molecule has 1 unspecified atom stereocenters. The van der Waals surface area contributed by atoms with Gasteiger partial charge in [0.25, 0.3) is 11.6 Å². The van der Waals surface area contributed by atoms with E-state index in [4.69, 9.17) is 5.73 Å². The number of carbonyl (C=O) groups is 1. The van der Waals surface area contributed by atoms with Crippen molar-refractivity contribution >= 4 is 28.2 Å². The minimum absolute atomic E-state index is 0.0153. The van der Waals surface area contributed by atoms with Crippen molar-refractivity contribution in [2.24, 2.45) is 5.10 Å².